The predicted molar refractivity (Wildman–Crippen MR) is 120 cm³/mol. The van der Waals surface area contributed by atoms with Gasteiger partial charge < -0.3 is 9.55 Å². The topological polar surface area (TPSA) is 79.7 Å². The van der Waals surface area contributed by atoms with Crippen molar-refractivity contribution in [2.75, 3.05) is 13.1 Å². The van der Waals surface area contributed by atoms with Crippen LogP contribution < -0.4 is 5.56 Å². The van der Waals surface area contributed by atoms with E-state index in [1.807, 2.05) is 17.5 Å². The van der Waals surface area contributed by atoms with Gasteiger partial charge in [0, 0.05) is 0 Å². The van der Waals surface area contributed by atoms with Crippen molar-refractivity contribution in [2.24, 2.45) is 0 Å². The minimum Gasteiger partial charge on any atom is -0.309 e. The molecule has 4 heterocycles. The van der Waals surface area contributed by atoms with Gasteiger partial charge >= 0.3 is 0 Å². The van der Waals surface area contributed by atoms with E-state index in [2.05, 4.69) is 53.9 Å². The second-order valence-electron chi connectivity index (χ2n) is 7.39. The first kappa shape index (κ1) is 19.5. The third-order valence-corrected chi connectivity index (χ3v) is 7.05. The molecule has 0 unspecified atom stereocenters. The van der Waals surface area contributed by atoms with E-state index in [-0.39, 0.29) is 5.56 Å². The molecule has 7 nitrogen and oxygen atoms in total. The predicted octanol–water partition coefficient (Wildman–Crippen LogP) is 3.51. The van der Waals surface area contributed by atoms with E-state index >= 15 is 0 Å². The monoisotopic (exact) mass is 438 g/mol. The molecule has 0 bridgehead atoms. The van der Waals surface area contributed by atoms with Crippen LogP contribution in [0.2, 0.25) is 0 Å². The quantitative estimate of drug-likeness (QED) is 0.445. The summed E-state index contributed by atoms with van der Waals surface area (Å²) in [6, 6.07) is 12.2. The Morgan fingerprint density at radius 1 is 1.07 bits per heavy atom. The number of hydrogen-bond acceptors (Lipinski definition) is 7. The smallest absolute Gasteiger partial charge is 0.259 e. The highest BCUT2D eigenvalue weighted by molar-refractivity contribution is 7.98. The van der Waals surface area contributed by atoms with Crippen molar-refractivity contribution in [1.82, 2.24) is 29.6 Å². The molecule has 4 aromatic rings. The van der Waals surface area contributed by atoms with E-state index < -0.39 is 0 Å². The van der Waals surface area contributed by atoms with Crippen LogP contribution in [-0.4, -0.2) is 42.7 Å². The number of H-pyrrole nitrogens is 1. The van der Waals surface area contributed by atoms with Gasteiger partial charge in [-0.2, -0.15) is 0 Å². The van der Waals surface area contributed by atoms with Gasteiger partial charge in [-0.05, 0) is 42.9 Å². The molecule has 30 heavy (non-hydrogen) atoms. The Morgan fingerprint density at radius 3 is 2.73 bits per heavy atom. The maximum absolute atomic E-state index is 12.2. The summed E-state index contributed by atoms with van der Waals surface area (Å²) in [7, 11) is 0. The van der Waals surface area contributed by atoms with Gasteiger partial charge in [0.15, 0.2) is 5.16 Å². The Bertz CT molecular complexity index is 1190. The summed E-state index contributed by atoms with van der Waals surface area (Å²) >= 11 is 3.05. The van der Waals surface area contributed by atoms with Gasteiger partial charge in [0.05, 0.1) is 24.2 Å². The molecular formula is C21H22N6OS2. The molecule has 0 amide bonds. The van der Waals surface area contributed by atoms with Gasteiger partial charge in [0.25, 0.3) is 5.56 Å². The standard InChI is InChI=1S/C21H22N6OS2/c28-19-16-8-11-29-20(16)23-17(22-19)14-30-21-25-24-18(13-26-9-4-5-10-26)27(21)12-15-6-2-1-3-7-15/h1-3,6-8,11H,4-5,9-10,12-14H2,(H,22,23,28). The zero-order chi connectivity index (χ0) is 20.3. The SMILES string of the molecule is O=c1[nH]c(CSc2nnc(CN3CCCC3)n2Cc2ccccc2)nc2sccc12. The van der Waals surface area contributed by atoms with E-state index in [1.54, 1.807) is 11.8 Å². The lowest BCUT2D eigenvalue weighted by molar-refractivity contribution is 0.316. The summed E-state index contributed by atoms with van der Waals surface area (Å²) in [5.41, 5.74) is 1.13. The van der Waals surface area contributed by atoms with Crippen LogP contribution in [0.4, 0.5) is 0 Å². The average molecular weight is 439 g/mol. The Kier molecular flexibility index (Phi) is 5.65. The minimum absolute atomic E-state index is 0.0858. The van der Waals surface area contributed by atoms with Crippen molar-refractivity contribution in [1.29, 1.82) is 0 Å². The van der Waals surface area contributed by atoms with Gasteiger partial charge in [-0.1, -0.05) is 42.1 Å². The maximum Gasteiger partial charge on any atom is 0.259 e. The summed E-state index contributed by atoms with van der Waals surface area (Å²) in [5, 5.41) is 12.4. The van der Waals surface area contributed by atoms with E-state index in [1.165, 1.54) is 29.7 Å². The molecule has 154 valence electrons. The number of nitrogens with one attached hydrogen (secondary N) is 1. The van der Waals surface area contributed by atoms with E-state index in [9.17, 15) is 4.79 Å². The van der Waals surface area contributed by atoms with Crippen LogP contribution in [0.25, 0.3) is 10.2 Å². The summed E-state index contributed by atoms with van der Waals surface area (Å²) < 4.78 is 2.19. The number of aromatic amines is 1. The second-order valence-corrected chi connectivity index (χ2v) is 9.23. The molecule has 1 aliphatic rings. The Hall–Kier alpha value is -2.49. The molecular weight excluding hydrogens is 416 g/mol. The third-order valence-electron chi connectivity index (χ3n) is 5.26. The van der Waals surface area contributed by atoms with Crippen molar-refractivity contribution < 1.29 is 0 Å². The van der Waals surface area contributed by atoms with Crippen molar-refractivity contribution in [2.45, 2.75) is 36.8 Å². The number of thiophene rings is 1. The third kappa shape index (κ3) is 4.19. The van der Waals surface area contributed by atoms with Gasteiger partial charge in [0.1, 0.15) is 16.5 Å². The van der Waals surface area contributed by atoms with E-state index in [0.717, 1.165) is 42.0 Å². The van der Waals surface area contributed by atoms with Gasteiger partial charge in [0.2, 0.25) is 0 Å². The van der Waals surface area contributed by atoms with Gasteiger partial charge in [-0.3, -0.25) is 9.69 Å². The largest absolute Gasteiger partial charge is 0.309 e. The molecule has 1 fully saturated rings. The summed E-state index contributed by atoms with van der Waals surface area (Å²) in [6.07, 6.45) is 2.50. The lowest BCUT2D eigenvalue weighted by Gasteiger charge is -2.16. The van der Waals surface area contributed by atoms with E-state index in [0.29, 0.717) is 17.0 Å². The van der Waals surface area contributed by atoms with Crippen LogP contribution in [0.15, 0.2) is 51.7 Å². The lowest BCUT2D eigenvalue weighted by atomic mass is 10.2. The van der Waals surface area contributed by atoms with Crippen molar-refractivity contribution in [3.05, 3.63) is 69.3 Å². The first-order valence-electron chi connectivity index (χ1n) is 10.0. The van der Waals surface area contributed by atoms with Crippen molar-refractivity contribution in [3.63, 3.8) is 0 Å². The molecule has 1 aliphatic heterocycles. The number of thioether (sulfide) groups is 1. The zero-order valence-electron chi connectivity index (χ0n) is 16.5. The maximum atomic E-state index is 12.2. The summed E-state index contributed by atoms with van der Waals surface area (Å²) in [4.78, 5) is 22.9. The molecule has 5 rings (SSSR count). The molecule has 0 spiro atoms. The molecule has 1 saturated heterocycles. The number of fused-ring (bicyclic) bond motifs is 1. The van der Waals surface area contributed by atoms with Gasteiger partial charge in [-0.15, -0.1) is 21.5 Å². The Labute approximate surface area is 182 Å². The van der Waals surface area contributed by atoms with Gasteiger partial charge in [-0.25, -0.2) is 4.98 Å². The van der Waals surface area contributed by atoms with Crippen LogP contribution in [0, 0.1) is 0 Å². The molecule has 0 saturated carbocycles. The normalized spacial score (nSPS) is 14.7. The Balaban J connectivity index is 1.39. The highest BCUT2D eigenvalue weighted by Gasteiger charge is 2.19. The van der Waals surface area contributed by atoms with Crippen molar-refractivity contribution >= 4 is 33.3 Å². The molecule has 1 N–H and O–H groups in total. The fourth-order valence-electron chi connectivity index (χ4n) is 3.72. The number of hydrogen-bond donors (Lipinski definition) is 1. The number of likely N-dealkylation sites (tertiary alicyclic amines) is 1. The van der Waals surface area contributed by atoms with Crippen LogP contribution in [0.1, 0.15) is 30.1 Å². The van der Waals surface area contributed by atoms with E-state index in [4.69, 9.17) is 0 Å². The van der Waals surface area contributed by atoms with Crippen LogP contribution in [-0.2, 0) is 18.8 Å². The number of benzene rings is 1. The first-order valence-corrected chi connectivity index (χ1v) is 11.9. The van der Waals surface area contributed by atoms with Crippen LogP contribution in [0.5, 0.6) is 0 Å². The zero-order valence-corrected chi connectivity index (χ0v) is 18.1. The van der Waals surface area contributed by atoms with Crippen LogP contribution >= 0.6 is 23.1 Å². The molecule has 1 aromatic carbocycles. The molecule has 9 heteroatoms. The minimum atomic E-state index is -0.0858. The van der Waals surface area contributed by atoms with Crippen molar-refractivity contribution in [3.8, 4) is 0 Å². The average Bonchev–Trinajstić information content (AvgIpc) is 3.50. The molecule has 3 aromatic heterocycles. The molecule has 0 atom stereocenters. The molecule has 0 radical (unpaired) electrons. The second kappa shape index (κ2) is 8.71. The number of nitrogens with zero attached hydrogens (tertiary/aromatic N) is 5. The Morgan fingerprint density at radius 2 is 1.90 bits per heavy atom. The highest BCUT2D eigenvalue weighted by atomic mass is 32.2. The summed E-state index contributed by atoms with van der Waals surface area (Å²) in [5.74, 6) is 2.19. The number of rotatable bonds is 7. The fourth-order valence-corrected chi connectivity index (χ4v) is 5.33. The molecule has 0 aliphatic carbocycles. The number of aromatic nitrogens is 5. The van der Waals surface area contributed by atoms with Crippen LogP contribution in [0.3, 0.4) is 0 Å². The summed E-state index contributed by atoms with van der Waals surface area (Å²) in [6.45, 7) is 3.78. The lowest BCUT2D eigenvalue weighted by Crippen LogP contribution is -2.21. The first-order chi connectivity index (χ1) is 14.8. The fraction of sp³-hybridized carbons (Fsp3) is 0.333. The highest BCUT2D eigenvalue weighted by Crippen LogP contribution is 2.24.